The summed E-state index contributed by atoms with van der Waals surface area (Å²) in [7, 11) is -4.61. The molecule has 0 aromatic carbocycles. The Bertz CT molecular complexity index is 76.1. The van der Waals surface area contributed by atoms with Gasteiger partial charge in [0.05, 0.1) is 0 Å². The van der Waals surface area contributed by atoms with Gasteiger partial charge in [-0.05, 0) is 0 Å². The summed E-state index contributed by atoms with van der Waals surface area (Å²) in [6.45, 7) is 2.26. The molecule has 0 aromatic heterocycles. The van der Waals surface area contributed by atoms with E-state index < -0.39 is 9.05 Å². The maximum absolute atomic E-state index is 7.33. The Morgan fingerprint density at radius 3 is 1.67 bits per heavy atom. The molecule has 0 aliphatic heterocycles. The van der Waals surface area contributed by atoms with Crippen LogP contribution in [0.5, 0.6) is 0 Å². The molecule has 0 aliphatic carbocycles. The van der Waals surface area contributed by atoms with Gasteiger partial charge in [-0.3, -0.25) is 0 Å². The van der Waals surface area contributed by atoms with Crippen molar-refractivity contribution < 1.29 is 19.2 Å². The van der Waals surface area contributed by atoms with E-state index >= 15 is 0 Å². The fraction of sp³-hybridized carbons (Fsp3) is 1.00. The van der Waals surface area contributed by atoms with Crippen molar-refractivity contribution in [2.75, 3.05) is 0 Å². The van der Waals surface area contributed by atoms with Crippen LogP contribution in [0, 0.1) is 0 Å². The van der Waals surface area contributed by atoms with Crippen LogP contribution in [-0.2, 0) is 0 Å². The first-order chi connectivity index (χ1) is 5.41. The molecule has 0 atom stereocenters. The Labute approximate surface area is 109 Å². The Hall–Kier alpha value is 1.69. The van der Waals surface area contributed by atoms with E-state index in [4.69, 9.17) is 19.2 Å². The summed E-state index contributed by atoms with van der Waals surface area (Å²) in [4.78, 5) is 29.3. The molecule has 0 aromatic rings. The van der Waals surface area contributed by atoms with Crippen molar-refractivity contribution in [1.29, 1.82) is 0 Å². The zero-order chi connectivity index (χ0) is 10.0. The quantitative estimate of drug-likeness (QED) is 0.382. The molecule has 0 unspecified atom stereocenters. The summed E-state index contributed by atoms with van der Waals surface area (Å²) in [5.74, 6) is 0. The Kier molecular flexibility index (Phi) is 14.5. The maximum Gasteiger partial charge on any atom is 0.668 e. The molecular formula is C6H17KO4Si. The van der Waals surface area contributed by atoms with E-state index in [9.17, 15) is 0 Å². The normalized spacial score (nSPS) is 10.6. The van der Waals surface area contributed by atoms with Crippen LogP contribution in [-0.4, -0.2) is 77.2 Å². The second kappa shape index (κ2) is 10.8. The van der Waals surface area contributed by atoms with Gasteiger partial charge in [0.1, 0.15) is 0 Å². The van der Waals surface area contributed by atoms with Gasteiger partial charge in [0.15, 0.2) is 0 Å². The molecule has 6 heteroatoms. The summed E-state index contributed by atoms with van der Waals surface area (Å²) in [5, 5.41) is 0. The second-order valence-corrected chi connectivity index (χ2v) is 5.42. The summed E-state index contributed by atoms with van der Waals surface area (Å²) >= 11 is 1.11. The van der Waals surface area contributed by atoms with Gasteiger partial charge in [0.25, 0.3) is 0 Å². The van der Waals surface area contributed by atoms with Gasteiger partial charge >= 0.3 is 91.1 Å². The molecule has 0 spiro atoms. The number of hydrogen-bond donors (Lipinski definition) is 4. The molecule has 0 aliphatic rings. The van der Waals surface area contributed by atoms with Crippen molar-refractivity contribution >= 4 is 58.0 Å². The van der Waals surface area contributed by atoms with E-state index in [1.54, 1.807) is 0.515 Å². The van der Waals surface area contributed by atoms with E-state index in [1.807, 2.05) is 0 Å². The van der Waals surface area contributed by atoms with E-state index in [0.29, 0.717) is 0 Å². The SMILES string of the molecule is CCCCC[CH2][K].O[Si](O)(O)O. The number of unbranched alkanes of at least 4 members (excludes halogenated alkanes) is 3. The largest absolute Gasteiger partial charge is 0.668 e. The molecule has 12 heavy (non-hydrogen) atoms. The smallest absolute Gasteiger partial charge is 0.368 e. The van der Waals surface area contributed by atoms with Crippen molar-refractivity contribution in [1.82, 2.24) is 0 Å². The van der Waals surface area contributed by atoms with E-state index in [-0.39, 0.29) is 0 Å². The van der Waals surface area contributed by atoms with Crippen molar-refractivity contribution in [3.05, 3.63) is 0 Å². The number of rotatable bonds is 4. The molecular weight excluding hydrogens is 203 g/mol. The first kappa shape index (κ1) is 16.1. The first-order valence-electron chi connectivity index (χ1n) is 4.31. The van der Waals surface area contributed by atoms with Gasteiger partial charge in [0, 0.05) is 0 Å². The fourth-order valence-electron chi connectivity index (χ4n) is 0.677. The average Bonchev–Trinajstić information content (AvgIpc) is 1.85. The van der Waals surface area contributed by atoms with E-state index in [2.05, 4.69) is 6.92 Å². The van der Waals surface area contributed by atoms with Crippen molar-refractivity contribution in [3.63, 3.8) is 0 Å². The van der Waals surface area contributed by atoms with Gasteiger partial charge in [-0.2, -0.15) is 0 Å². The zero-order valence-electron chi connectivity index (χ0n) is 7.82. The third-order valence-electron chi connectivity index (χ3n) is 1.21. The van der Waals surface area contributed by atoms with Crippen LogP contribution in [0.4, 0.5) is 0 Å². The van der Waals surface area contributed by atoms with Gasteiger partial charge in [0.2, 0.25) is 0 Å². The average molecular weight is 220 g/mol. The molecule has 0 rings (SSSR count). The van der Waals surface area contributed by atoms with Crippen LogP contribution in [0.3, 0.4) is 0 Å². The van der Waals surface area contributed by atoms with Gasteiger partial charge in [-0.15, -0.1) is 0 Å². The Morgan fingerprint density at radius 1 is 1.00 bits per heavy atom. The second-order valence-electron chi connectivity index (χ2n) is 2.66. The molecule has 70 valence electrons. The molecule has 4 nitrogen and oxygen atoms in total. The van der Waals surface area contributed by atoms with Crippen LogP contribution in [0.1, 0.15) is 32.6 Å². The maximum atomic E-state index is 7.33. The first-order valence-corrected chi connectivity index (χ1v) is 8.31. The zero-order valence-corrected chi connectivity index (χ0v) is 11.9. The minimum Gasteiger partial charge on any atom is -0.368 e. The van der Waals surface area contributed by atoms with Crippen molar-refractivity contribution in [3.8, 4) is 0 Å². The summed E-state index contributed by atoms with van der Waals surface area (Å²) < 4.78 is 1.55. The van der Waals surface area contributed by atoms with Gasteiger partial charge in [-0.25, -0.2) is 0 Å². The molecule has 0 amide bonds. The molecule has 4 N–H and O–H groups in total. The van der Waals surface area contributed by atoms with Crippen molar-refractivity contribution in [2.24, 2.45) is 0 Å². The Morgan fingerprint density at radius 2 is 1.42 bits per heavy atom. The fourth-order valence-corrected chi connectivity index (χ4v) is 1.46. The van der Waals surface area contributed by atoms with Crippen molar-refractivity contribution in [2.45, 2.75) is 33.1 Å². The van der Waals surface area contributed by atoms with Crippen LogP contribution in [0.25, 0.3) is 0 Å². The summed E-state index contributed by atoms with van der Waals surface area (Å²) in [5.41, 5.74) is 0. The van der Waals surface area contributed by atoms with Gasteiger partial charge < -0.3 is 19.2 Å². The van der Waals surface area contributed by atoms with Crippen LogP contribution < -0.4 is 0 Å². The standard InChI is InChI=1S/C6H13.K.H4O4Si/c1-3-5-6-4-2;;1-5(2,3)4/h1,3-6H2,2H3;;1-4H. The summed E-state index contributed by atoms with van der Waals surface area (Å²) in [6.07, 6.45) is 5.83. The van der Waals surface area contributed by atoms with Crippen LogP contribution >= 0.6 is 0 Å². The Balaban J connectivity index is 0. The van der Waals surface area contributed by atoms with E-state index in [1.165, 1.54) is 25.7 Å². The minimum atomic E-state index is -4.61. The van der Waals surface area contributed by atoms with Crippen LogP contribution in [0.2, 0.25) is 0.515 Å². The summed E-state index contributed by atoms with van der Waals surface area (Å²) in [6, 6.07) is 0. The predicted molar refractivity (Wildman–Crippen MR) is 49.3 cm³/mol. The van der Waals surface area contributed by atoms with Crippen LogP contribution in [0.15, 0.2) is 0 Å². The molecule has 0 saturated carbocycles. The third kappa shape index (κ3) is 41.3. The van der Waals surface area contributed by atoms with E-state index in [0.717, 1.165) is 49.0 Å². The van der Waals surface area contributed by atoms with Gasteiger partial charge in [-0.1, -0.05) is 0 Å². The molecule has 0 bridgehead atoms. The molecule has 0 radical (unpaired) electrons. The topological polar surface area (TPSA) is 80.9 Å². The molecule has 0 fully saturated rings. The third-order valence-corrected chi connectivity index (χ3v) is 2.31. The predicted octanol–water partition coefficient (Wildman–Crippen LogP) is -0.455. The molecule has 0 heterocycles. The minimum absolute atomic E-state index is 1.11. The number of hydrogen-bond acceptors (Lipinski definition) is 4. The monoisotopic (exact) mass is 220 g/mol. The molecule has 0 saturated heterocycles.